The predicted molar refractivity (Wildman–Crippen MR) is 78.9 cm³/mol. The van der Waals surface area contributed by atoms with Gasteiger partial charge < -0.3 is 14.9 Å². The Bertz CT molecular complexity index is 372. The van der Waals surface area contributed by atoms with Crippen LogP contribution in [-0.4, -0.2) is 82.2 Å². The first-order chi connectivity index (χ1) is 9.54. The number of thioether (sulfide) groups is 1. The van der Waals surface area contributed by atoms with E-state index in [2.05, 4.69) is 11.8 Å². The molecule has 114 valence electrons. The van der Waals surface area contributed by atoms with Crippen molar-refractivity contribution in [3.05, 3.63) is 0 Å². The highest BCUT2D eigenvalue weighted by atomic mass is 32.2. The number of piperazine rings is 1. The molecule has 0 spiro atoms. The van der Waals surface area contributed by atoms with E-state index in [0.717, 1.165) is 25.9 Å². The zero-order valence-corrected chi connectivity index (χ0v) is 12.9. The number of hydrogen-bond donors (Lipinski definition) is 1. The van der Waals surface area contributed by atoms with Crippen LogP contribution in [0.2, 0.25) is 0 Å². The lowest BCUT2D eigenvalue weighted by Crippen LogP contribution is -2.56. The molecule has 2 unspecified atom stereocenters. The van der Waals surface area contributed by atoms with Crippen LogP contribution in [0.5, 0.6) is 0 Å². The smallest absolute Gasteiger partial charge is 0.327 e. The van der Waals surface area contributed by atoms with Crippen LogP contribution < -0.4 is 0 Å². The molecule has 1 N–H and O–H groups in total. The Hall–Kier alpha value is -0.950. The summed E-state index contributed by atoms with van der Waals surface area (Å²) < 4.78 is 0. The van der Waals surface area contributed by atoms with E-state index in [1.54, 1.807) is 21.6 Å². The van der Waals surface area contributed by atoms with Crippen molar-refractivity contribution in [1.29, 1.82) is 0 Å². The van der Waals surface area contributed by atoms with E-state index in [-0.39, 0.29) is 11.4 Å². The number of carbonyl (C=O) groups is 2. The maximum absolute atomic E-state index is 12.7. The average Bonchev–Trinajstić information content (AvgIpc) is 2.83. The number of carboxylic acid groups (broad SMARTS) is 1. The van der Waals surface area contributed by atoms with Gasteiger partial charge in [-0.1, -0.05) is 13.3 Å². The van der Waals surface area contributed by atoms with Gasteiger partial charge in [-0.3, -0.25) is 4.90 Å². The number of carboxylic acids is 1. The van der Waals surface area contributed by atoms with Gasteiger partial charge in [0.2, 0.25) is 0 Å². The van der Waals surface area contributed by atoms with Gasteiger partial charge in [-0.25, -0.2) is 9.59 Å². The lowest BCUT2D eigenvalue weighted by molar-refractivity contribution is -0.141. The van der Waals surface area contributed by atoms with Crippen molar-refractivity contribution >= 4 is 23.8 Å². The normalized spacial score (nSPS) is 27.9. The van der Waals surface area contributed by atoms with Gasteiger partial charge in [0, 0.05) is 31.9 Å². The van der Waals surface area contributed by atoms with E-state index >= 15 is 0 Å². The minimum absolute atomic E-state index is 0.00764. The van der Waals surface area contributed by atoms with Crippen LogP contribution in [-0.2, 0) is 4.79 Å². The Morgan fingerprint density at radius 3 is 2.45 bits per heavy atom. The molecular formula is C13H23N3O3S. The molecule has 0 saturated carbocycles. The fourth-order valence-electron chi connectivity index (χ4n) is 2.64. The monoisotopic (exact) mass is 301 g/mol. The standard InChI is InChI=1S/C13H23N3O3S/c1-3-4-11-16(10(9-20-11)12(17)18)13(19)15-7-5-14(2)6-8-15/h10-11H,3-9H2,1-2H3,(H,17,18). The van der Waals surface area contributed by atoms with E-state index in [1.165, 1.54) is 0 Å². The molecule has 0 aromatic rings. The quantitative estimate of drug-likeness (QED) is 0.842. The molecule has 2 aliphatic rings. The van der Waals surface area contributed by atoms with Crippen molar-refractivity contribution in [3.63, 3.8) is 0 Å². The fourth-order valence-corrected chi connectivity index (χ4v) is 4.15. The van der Waals surface area contributed by atoms with Crippen molar-refractivity contribution in [1.82, 2.24) is 14.7 Å². The summed E-state index contributed by atoms with van der Waals surface area (Å²) in [6.45, 7) is 5.13. The number of aliphatic carboxylic acids is 1. The van der Waals surface area contributed by atoms with E-state index in [4.69, 9.17) is 0 Å². The summed E-state index contributed by atoms with van der Waals surface area (Å²) >= 11 is 1.59. The van der Waals surface area contributed by atoms with Crippen molar-refractivity contribution in [2.24, 2.45) is 0 Å². The molecule has 0 aliphatic carbocycles. The molecule has 0 aromatic carbocycles. The molecule has 6 nitrogen and oxygen atoms in total. The number of hydrogen-bond acceptors (Lipinski definition) is 4. The number of rotatable bonds is 3. The van der Waals surface area contributed by atoms with E-state index in [1.807, 2.05) is 7.05 Å². The highest BCUT2D eigenvalue weighted by Crippen LogP contribution is 2.33. The van der Waals surface area contributed by atoms with Crippen LogP contribution in [0, 0.1) is 0 Å². The van der Waals surface area contributed by atoms with Gasteiger partial charge in [0.15, 0.2) is 0 Å². The average molecular weight is 301 g/mol. The third-order valence-corrected chi connectivity index (χ3v) is 5.26. The summed E-state index contributed by atoms with van der Waals surface area (Å²) in [6, 6.07) is -0.780. The Balaban J connectivity index is 2.08. The highest BCUT2D eigenvalue weighted by Gasteiger charge is 2.43. The summed E-state index contributed by atoms with van der Waals surface area (Å²) in [5, 5.41) is 9.33. The van der Waals surface area contributed by atoms with E-state index < -0.39 is 12.0 Å². The third kappa shape index (κ3) is 3.20. The molecule has 2 fully saturated rings. The highest BCUT2D eigenvalue weighted by molar-refractivity contribution is 8.00. The predicted octanol–water partition coefficient (Wildman–Crippen LogP) is 0.982. The first-order valence-electron chi connectivity index (χ1n) is 7.14. The van der Waals surface area contributed by atoms with Crippen LogP contribution in [0.15, 0.2) is 0 Å². The molecule has 0 bridgehead atoms. The summed E-state index contributed by atoms with van der Waals surface area (Å²) in [7, 11) is 2.04. The van der Waals surface area contributed by atoms with Crippen molar-refractivity contribution < 1.29 is 14.7 Å². The molecule has 2 amide bonds. The first-order valence-corrected chi connectivity index (χ1v) is 8.19. The lowest BCUT2D eigenvalue weighted by atomic mass is 10.2. The SMILES string of the molecule is CCCC1SCC(C(=O)O)N1C(=O)N1CCN(C)CC1. The zero-order chi connectivity index (χ0) is 14.7. The second-order valence-corrected chi connectivity index (χ2v) is 6.62. The maximum Gasteiger partial charge on any atom is 0.327 e. The number of amides is 2. The van der Waals surface area contributed by atoms with Crippen LogP contribution >= 0.6 is 11.8 Å². The fraction of sp³-hybridized carbons (Fsp3) is 0.846. The lowest BCUT2D eigenvalue weighted by Gasteiger charge is -2.37. The minimum atomic E-state index is -0.890. The van der Waals surface area contributed by atoms with Crippen LogP contribution in [0.4, 0.5) is 4.79 Å². The molecule has 7 heteroatoms. The van der Waals surface area contributed by atoms with Crippen molar-refractivity contribution in [3.8, 4) is 0 Å². The molecular weight excluding hydrogens is 278 g/mol. The summed E-state index contributed by atoms with van der Waals surface area (Å²) in [5.41, 5.74) is 0. The molecule has 2 aliphatic heterocycles. The van der Waals surface area contributed by atoms with Crippen LogP contribution in [0.25, 0.3) is 0 Å². The Labute approximate surface area is 124 Å². The Morgan fingerprint density at radius 1 is 1.25 bits per heavy atom. The Kier molecular flexibility index (Phi) is 5.15. The van der Waals surface area contributed by atoms with Gasteiger partial charge in [-0.05, 0) is 13.5 Å². The van der Waals surface area contributed by atoms with Gasteiger partial charge in [0.05, 0.1) is 5.37 Å². The van der Waals surface area contributed by atoms with Gasteiger partial charge in [-0.2, -0.15) is 0 Å². The Morgan fingerprint density at radius 2 is 1.90 bits per heavy atom. The second kappa shape index (κ2) is 6.67. The molecule has 20 heavy (non-hydrogen) atoms. The van der Waals surface area contributed by atoms with Crippen LogP contribution in [0.3, 0.4) is 0 Å². The summed E-state index contributed by atoms with van der Waals surface area (Å²) in [6.07, 6.45) is 1.81. The number of carbonyl (C=O) groups excluding carboxylic acids is 1. The summed E-state index contributed by atoms with van der Waals surface area (Å²) in [4.78, 5) is 29.6. The zero-order valence-electron chi connectivity index (χ0n) is 12.1. The van der Waals surface area contributed by atoms with Crippen molar-refractivity contribution in [2.75, 3.05) is 39.0 Å². The minimum Gasteiger partial charge on any atom is -0.480 e. The summed E-state index contributed by atoms with van der Waals surface area (Å²) in [5.74, 6) is -0.391. The van der Waals surface area contributed by atoms with Gasteiger partial charge >= 0.3 is 12.0 Å². The molecule has 0 radical (unpaired) electrons. The van der Waals surface area contributed by atoms with E-state index in [9.17, 15) is 14.7 Å². The first kappa shape index (κ1) is 15.4. The number of likely N-dealkylation sites (N-methyl/N-ethyl adjacent to an activating group) is 1. The number of urea groups is 1. The largest absolute Gasteiger partial charge is 0.480 e. The third-order valence-electron chi connectivity index (χ3n) is 3.91. The van der Waals surface area contributed by atoms with Gasteiger partial charge in [0.1, 0.15) is 6.04 Å². The van der Waals surface area contributed by atoms with Gasteiger partial charge in [-0.15, -0.1) is 11.8 Å². The van der Waals surface area contributed by atoms with Crippen LogP contribution in [0.1, 0.15) is 19.8 Å². The topological polar surface area (TPSA) is 64.1 Å². The molecule has 2 rings (SSSR count). The molecule has 2 atom stereocenters. The molecule has 2 heterocycles. The molecule has 2 saturated heterocycles. The molecule has 0 aromatic heterocycles. The van der Waals surface area contributed by atoms with Gasteiger partial charge in [0.25, 0.3) is 0 Å². The maximum atomic E-state index is 12.7. The number of nitrogens with zero attached hydrogens (tertiary/aromatic N) is 3. The van der Waals surface area contributed by atoms with E-state index in [0.29, 0.717) is 18.8 Å². The second-order valence-electron chi connectivity index (χ2n) is 5.41. The van der Waals surface area contributed by atoms with Crippen molar-refractivity contribution in [2.45, 2.75) is 31.2 Å².